The monoisotopic (exact) mass is 256 g/mol. The molecule has 1 amide bonds. The van der Waals surface area contributed by atoms with Crippen LogP contribution in [0, 0.1) is 17.8 Å². The summed E-state index contributed by atoms with van der Waals surface area (Å²) in [5.41, 5.74) is 5.94. The van der Waals surface area contributed by atoms with Gasteiger partial charge in [0, 0.05) is 12.0 Å². The van der Waals surface area contributed by atoms with E-state index < -0.39 is 0 Å². The van der Waals surface area contributed by atoms with Crippen LogP contribution >= 0.6 is 0 Å². The molecule has 0 aromatic rings. The summed E-state index contributed by atoms with van der Waals surface area (Å²) in [4.78, 5) is 12.2. The van der Waals surface area contributed by atoms with E-state index in [1.54, 1.807) is 0 Å². The Bertz CT molecular complexity index is 269. The summed E-state index contributed by atoms with van der Waals surface area (Å²) in [5, 5.41) is 12.3. The lowest BCUT2D eigenvalue weighted by atomic mass is 9.77. The largest absolute Gasteiger partial charge is 0.394 e. The molecule has 0 radical (unpaired) electrons. The normalized spacial score (nSPS) is 30.2. The van der Waals surface area contributed by atoms with Crippen LogP contribution in [0.2, 0.25) is 0 Å². The van der Waals surface area contributed by atoms with Gasteiger partial charge in [0.05, 0.1) is 12.6 Å². The number of carbonyl (C=O) groups excluding carboxylic acids is 1. The third-order valence-electron chi connectivity index (χ3n) is 3.90. The number of carbonyl (C=O) groups is 1. The summed E-state index contributed by atoms with van der Waals surface area (Å²) in [7, 11) is 0. The Morgan fingerprint density at radius 3 is 2.67 bits per heavy atom. The van der Waals surface area contributed by atoms with Crippen LogP contribution in [0.5, 0.6) is 0 Å². The van der Waals surface area contributed by atoms with E-state index in [0.717, 1.165) is 25.7 Å². The van der Waals surface area contributed by atoms with Crippen molar-refractivity contribution in [3.63, 3.8) is 0 Å². The third kappa shape index (κ3) is 4.58. The van der Waals surface area contributed by atoms with E-state index in [2.05, 4.69) is 26.1 Å². The molecule has 0 aromatic carbocycles. The Kier molecular flexibility index (Phi) is 6.09. The highest BCUT2D eigenvalue weighted by Crippen LogP contribution is 2.29. The molecule has 4 nitrogen and oxygen atoms in total. The summed E-state index contributed by atoms with van der Waals surface area (Å²) in [6.07, 6.45) is 3.62. The maximum Gasteiger partial charge on any atom is 0.223 e. The molecule has 0 saturated heterocycles. The van der Waals surface area contributed by atoms with E-state index in [9.17, 15) is 9.90 Å². The smallest absolute Gasteiger partial charge is 0.223 e. The predicted octanol–water partition coefficient (Wildman–Crippen LogP) is 1.27. The molecular weight excluding hydrogens is 228 g/mol. The van der Waals surface area contributed by atoms with Crippen molar-refractivity contribution in [3.05, 3.63) is 0 Å². The van der Waals surface area contributed by atoms with Crippen LogP contribution in [0.25, 0.3) is 0 Å². The molecule has 18 heavy (non-hydrogen) atoms. The standard InChI is InChI=1S/C14H28N2O2/c1-9(2)6-12(8-17)16-14(18)13-7-11(15)5-4-10(13)3/h9-13,17H,4-8,15H2,1-3H3,(H,16,18). The van der Waals surface area contributed by atoms with Gasteiger partial charge in [-0.1, -0.05) is 20.8 Å². The van der Waals surface area contributed by atoms with Gasteiger partial charge in [-0.2, -0.15) is 0 Å². The maximum atomic E-state index is 12.2. The Morgan fingerprint density at radius 2 is 2.11 bits per heavy atom. The zero-order chi connectivity index (χ0) is 13.7. The van der Waals surface area contributed by atoms with Gasteiger partial charge in [-0.05, 0) is 37.5 Å². The molecule has 0 heterocycles. The van der Waals surface area contributed by atoms with Gasteiger partial charge in [-0.3, -0.25) is 4.79 Å². The average molecular weight is 256 g/mol. The van der Waals surface area contributed by atoms with Crippen molar-refractivity contribution in [3.8, 4) is 0 Å². The number of rotatable bonds is 5. The predicted molar refractivity (Wildman–Crippen MR) is 73.0 cm³/mol. The molecule has 1 fully saturated rings. The number of aliphatic hydroxyl groups excluding tert-OH is 1. The summed E-state index contributed by atoms with van der Waals surface area (Å²) in [5.74, 6) is 0.934. The lowest BCUT2D eigenvalue weighted by Crippen LogP contribution is -2.46. The number of amides is 1. The molecular formula is C14H28N2O2. The van der Waals surface area contributed by atoms with Crippen LogP contribution in [-0.2, 0) is 4.79 Å². The lowest BCUT2D eigenvalue weighted by molar-refractivity contribution is -0.128. The summed E-state index contributed by atoms with van der Waals surface area (Å²) in [6.45, 7) is 6.31. The van der Waals surface area contributed by atoms with Crippen molar-refractivity contribution in [2.45, 2.75) is 58.5 Å². The van der Waals surface area contributed by atoms with Crippen molar-refractivity contribution in [1.82, 2.24) is 5.32 Å². The number of aliphatic hydroxyl groups is 1. The molecule has 0 bridgehead atoms. The van der Waals surface area contributed by atoms with Crippen molar-refractivity contribution in [2.24, 2.45) is 23.5 Å². The quantitative estimate of drug-likeness (QED) is 0.693. The molecule has 1 rings (SSSR count). The van der Waals surface area contributed by atoms with E-state index in [1.165, 1.54) is 0 Å². The Hall–Kier alpha value is -0.610. The van der Waals surface area contributed by atoms with Crippen molar-refractivity contribution < 1.29 is 9.90 Å². The fraction of sp³-hybridized carbons (Fsp3) is 0.929. The molecule has 4 unspecified atom stereocenters. The Morgan fingerprint density at radius 1 is 1.44 bits per heavy atom. The van der Waals surface area contributed by atoms with Crippen LogP contribution in [0.15, 0.2) is 0 Å². The molecule has 0 spiro atoms. The highest BCUT2D eigenvalue weighted by molar-refractivity contribution is 5.79. The number of nitrogens with two attached hydrogens (primary N) is 1. The zero-order valence-corrected chi connectivity index (χ0v) is 11.9. The molecule has 1 aliphatic rings. The van der Waals surface area contributed by atoms with Gasteiger partial charge in [0.2, 0.25) is 5.91 Å². The Balaban J connectivity index is 2.51. The number of hydrogen-bond acceptors (Lipinski definition) is 3. The first kappa shape index (κ1) is 15.4. The summed E-state index contributed by atoms with van der Waals surface area (Å²) >= 11 is 0. The molecule has 4 N–H and O–H groups in total. The first-order valence-electron chi connectivity index (χ1n) is 7.10. The van der Waals surface area contributed by atoms with Crippen molar-refractivity contribution in [1.29, 1.82) is 0 Å². The molecule has 1 aliphatic carbocycles. The molecule has 1 saturated carbocycles. The van der Waals surface area contributed by atoms with E-state index in [0.29, 0.717) is 11.8 Å². The SMILES string of the molecule is CC(C)CC(CO)NC(=O)C1CC(N)CCC1C. The van der Waals surface area contributed by atoms with Crippen LogP contribution in [0.4, 0.5) is 0 Å². The van der Waals surface area contributed by atoms with Gasteiger partial charge in [0.15, 0.2) is 0 Å². The van der Waals surface area contributed by atoms with Gasteiger partial charge in [-0.15, -0.1) is 0 Å². The van der Waals surface area contributed by atoms with Crippen molar-refractivity contribution in [2.75, 3.05) is 6.61 Å². The average Bonchev–Trinajstić information content (AvgIpc) is 2.30. The fourth-order valence-electron chi connectivity index (χ4n) is 2.78. The topological polar surface area (TPSA) is 75.3 Å². The van der Waals surface area contributed by atoms with Crippen LogP contribution in [-0.4, -0.2) is 29.7 Å². The van der Waals surface area contributed by atoms with Crippen LogP contribution in [0.3, 0.4) is 0 Å². The van der Waals surface area contributed by atoms with Gasteiger partial charge in [0.1, 0.15) is 0 Å². The van der Waals surface area contributed by atoms with E-state index in [4.69, 9.17) is 5.73 Å². The first-order valence-corrected chi connectivity index (χ1v) is 7.10. The highest BCUT2D eigenvalue weighted by atomic mass is 16.3. The number of nitrogens with one attached hydrogen (secondary N) is 1. The van der Waals surface area contributed by atoms with Crippen LogP contribution in [0.1, 0.15) is 46.5 Å². The molecule has 4 heteroatoms. The maximum absolute atomic E-state index is 12.2. The van der Waals surface area contributed by atoms with E-state index >= 15 is 0 Å². The minimum absolute atomic E-state index is 0.00922. The summed E-state index contributed by atoms with van der Waals surface area (Å²) < 4.78 is 0. The lowest BCUT2D eigenvalue weighted by Gasteiger charge is -2.32. The molecule has 0 aromatic heterocycles. The molecule has 4 atom stereocenters. The Labute approximate surface area is 110 Å². The van der Waals surface area contributed by atoms with Gasteiger partial charge >= 0.3 is 0 Å². The second-order valence-electron chi connectivity index (χ2n) is 6.17. The van der Waals surface area contributed by atoms with Crippen LogP contribution < -0.4 is 11.1 Å². The fourth-order valence-corrected chi connectivity index (χ4v) is 2.78. The third-order valence-corrected chi connectivity index (χ3v) is 3.90. The second kappa shape index (κ2) is 7.10. The van der Waals surface area contributed by atoms with E-state index in [1.807, 2.05) is 0 Å². The van der Waals surface area contributed by atoms with Crippen molar-refractivity contribution >= 4 is 5.91 Å². The first-order chi connectivity index (χ1) is 8.43. The molecule has 106 valence electrons. The van der Waals surface area contributed by atoms with Gasteiger partial charge in [0.25, 0.3) is 0 Å². The second-order valence-corrected chi connectivity index (χ2v) is 6.17. The molecule has 0 aliphatic heterocycles. The summed E-state index contributed by atoms with van der Waals surface area (Å²) in [6, 6.07) is 0.0254. The van der Waals surface area contributed by atoms with Gasteiger partial charge in [-0.25, -0.2) is 0 Å². The number of hydrogen-bond donors (Lipinski definition) is 3. The minimum atomic E-state index is -0.122. The zero-order valence-electron chi connectivity index (χ0n) is 11.9. The van der Waals surface area contributed by atoms with Gasteiger partial charge < -0.3 is 16.2 Å². The highest BCUT2D eigenvalue weighted by Gasteiger charge is 2.32. The van der Waals surface area contributed by atoms with E-state index in [-0.39, 0.29) is 30.5 Å². The minimum Gasteiger partial charge on any atom is -0.394 e.